The van der Waals surface area contributed by atoms with Gasteiger partial charge in [0.15, 0.2) is 5.96 Å². The van der Waals surface area contributed by atoms with Gasteiger partial charge in [-0.3, -0.25) is 14.5 Å². The number of carbonyl (C=O) groups is 2. The van der Waals surface area contributed by atoms with Crippen molar-refractivity contribution >= 4 is 41.8 Å². The minimum Gasteiger partial charge on any atom is -0.497 e. The van der Waals surface area contributed by atoms with Crippen LogP contribution in [0.15, 0.2) is 29.3 Å². The van der Waals surface area contributed by atoms with Gasteiger partial charge in [-0.2, -0.15) is 0 Å². The summed E-state index contributed by atoms with van der Waals surface area (Å²) in [6.45, 7) is 8.00. The summed E-state index contributed by atoms with van der Waals surface area (Å²) in [5.41, 5.74) is 1.06. The summed E-state index contributed by atoms with van der Waals surface area (Å²) in [6.07, 6.45) is 0. The highest BCUT2D eigenvalue weighted by atomic mass is 127. The van der Waals surface area contributed by atoms with E-state index in [-0.39, 0.29) is 48.4 Å². The monoisotopic (exact) mass is 560 g/mol. The van der Waals surface area contributed by atoms with Gasteiger partial charge >= 0.3 is 0 Å². The van der Waals surface area contributed by atoms with Gasteiger partial charge in [0.25, 0.3) is 0 Å². The maximum absolute atomic E-state index is 12.1. The van der Waals surface area contributed by atoms with E-state index >= 15 is 0 Å². The molecule has 0 saturated carbocycles. The fraction of sp³-hybridized carbons (Fsp3) is 0.591. The highest BCUT2D eigenvalue weighted by Crippen LogP contribution is 2.12. The molecule has 1 aliphatic heterocycles. The highest BCUT2D eigenvalue weighted by molar-refractivity contribution is 14.0. The first kappa shape index (κ1) is 28.0. The van der Waals surface area contributed by atoms with Crippen molar-refractivity contribution in [3.8, 4) is 5.75 Å². The summed E-state index contributed by atoms with van der Waals surface area (Å²) < 4.78 is 5.20. The number of carbonyl (C=O) groups excluding carboxylic acids is 2. The van der Waals surface area contributed by atoms with Crippen LogP contribution in [0, 0.1) is 0 Å². The fourth-order valence-corrected chi connectivity index (χ4v) is 3.17. The van der Waals surface area contributed by atoms with Crippen LogP contribution >= 0.6 is 24.0 Å². The summed E-state index contributed by atoms with van der Waals surface area (Å²) in [5.74, 6) is 1.55. The van der Waals surface area contributed by atoms with E-state index in [1.165, 1.54) is 0 Å². The molecule has 0 radical (unpaired) electrons. The molecule has 0 unspecified atom stereocenters. The summed E-state index contributed by atoms with van der Waals surface area (Å²) in [6, 6.07) is 7.93. The molecule has 1 saturated heterocycles. The maximum Gasteiger partial charge on any atom is 0.241 e. The van der Waals surface area contributed by atoms with Gasteiger partial charge in [0.2, 0.25) is 11.8 Å². The number of amides is 2. The minimum atomic E-state index is -0.0128. The topological polar surface area (TPSA) is 89.5 Å². The maximum atomic E-state index is 12.1. The van der Waals surface area contributed by atoms with Crippen LogP contribution in [0.5, 0.6) is 5.75 Å². The van der Waals surface area contributed by atoms with Crippen molar-refractivity contribution in [2.24, 2.45) is 4.99 Å². The Labute approximate surface area is 208 Å². The Morgan fingerprint density at radius 3 is 2.28 bits per heavy atom. The molecule has 180 valence electrons. The van der Waals surface area contributed by atoms with Crippen LogP contribution in [0.4, 0.5) is 0 Å². The summed E-state index contributed by atoms with van der Waals surface area (Å²) in [5, 5.41) is 6.14. The van der Waals surface area contributed by atoms with Crippen molar-refractivity contribution in [2.75, 3.05) is 60.5 Å². The average Bonchev–Trinajstić information content (AvgIpc) is 2.74. The lowest BCUT2D eigenvalue weighted by Crippen LogP contribution is -2.55. The molecule has 0 aromatic heterocycles. The lowest BCUT2D eigenvalue weighted by Gasteiger charge is -2.36. The predicted octanol–water partition coefficient (Wildman–Crippen LogP) is 0.989. The zero-order valence-electron chi connectivity index (χ0n) is 19.8. The molecule has 2 amide bonds. The van der Waals surface area contributed by atoms with Gasteiger partial charge in [0.05, 0.1) is 26.7 Å². The second-order valence-electron chi connectivity index (χ2n) is 8.12. The third-order valence-electron chi connectivity index (χ3n) is 4.96. The highest BCUT2D eigenvalue weighted by Gasteiger charge is 2.22. The smallest absolute Gasteiger partial charge is 0.241 e. The number of guanidine groups is 1. The van der Waals surface area contributed by atoms with E-state index in [1.807, 2.05) is 38.1 Å². The van der Waals surface area contributed by atoms with Crippen LogP contribution in [0.3, 0.4) is 0 Å². The van der Waals surface area contributed by atoms with E-state index in [0.29, 0.717) is 19.0 Å². The van der Waals surface area contributed by atoms with Gasteiger partial charge in [-0.1, -0.05) is 12.1 Å². The molecule has 1 aromatic rings. The molecule has 2 rings (SSSR count). The number of hydrogen-bond acceptors (Lipinski definition) is 5. The van der Waals surface area contributed by atoms with E-state index in [0.717, 1.165) is 37.5 Å². The third kappa shape index (κ3) is 9.60. The van der Waals surface area contributed by atoms with Crippen LogP contribution in [-0.4, -0.2) is 99.0 Å². The van der Waals surface area contributed by atoms with Crippen molar-refractivity contribution < 1.29 is 14.3 Å². The first-order valence-electron chi connectivity index (χ1n) is 10.7. The lowest BCUT2D eigenvalue weighted by molar-refractivity contribution is -0.127. The number of methoxy groups -OCH3 is 1. The Hall–Kier alpha value is -2.08. The molecule has 0 aliphatic carbocycles. The first-order chi connectivity index (χ1) is 14.8. The molecular weight excluding hydrogens is 523 g/mol. The molecule has 0 spiro atoms. The van der Waals surface area contributed by atoms with Gasteiger partial charge in [0.1, 0.15) is 5.75 Å². The summed E-state index contributed by atoms with van der Waals surface area (Å²) in [7, 11) is 5.11. The average molecular weight is 560 g/mol. The lowest BCUT2D eigenvalue weighted by atomic mass is 10.2. The number of aliphatic imine (C=N–C) groups is 1. The quantitative estimate of drug-likeness (QED) is 0.280. The number of benzene rings is 1. The molecule has 1 aromatic carbocycles. The van der Waals surface area contributed by atoms with Gasteiger partial charge in [-0.05, 0) is 31.5 Å². The minimum absolute atomic E-state index is 0. The second-order valence-corrected chi connectivity index (χ2v) is 8.12. The Morgan fingerprint density at radius 1 is 1.12 bits per heavy atom. The standard InChI is InChI=1S/C22H36N6O3.HI/c1-17(2)25-20(29)16-27-10-12-28(13-11-27)22(24-15-21(30)26(3)4)23-14-18-6-8-19(31-5)9-7-18;/h6-9,17H,10-16H2,1-5H3,(H,23,24)(H,25,29);1H. The molecule has 32 heavy (non-hydrogen) atoms. The zero-order valence-corrected chi connectivity index (χ0v) is 22.1. The molecule has 1 fully saturated rings. The zero-order chi connectivity index (χ0) is 22.8. The molecule has 10 heteroatoms. The van der Waals surface area contributed by atoms with Crippen molar-refractivity contribution in [1.82, 2.24) is 25.3 Å². The molecule has 0 bridgehead atoms. The normalized spacial score (nSPS) is 14.6. The number of likely N-dealkylation sites (N-methyl/N-ethyl adjacent to an activating group) is 1. The number of halogens is 1. The van der Waals surface area contributed by atoms with E-state index in [2.05, 4.69) is 20.4 Å². The predicted molar refractivity (Wildman–Crippen MR) is 138 cm³/mol. The van der Waals surface area contributed by atoms with Crippen molar-refractivity contribution in [3.05, 3.63) is 29.8 Å². The Bertz CT molecular complexity index is 747. The first-order valence-corrected chi connectivity index (χ1v) is 10.7. The fourth-order valence-electron chi connectivity index (χ4n) is 3.17. The summed E-state index contributed by atoms with van der Waals surface area (Å²) in [4.78, 5) is 34.7. The largest absolute Gasteiger partial charge is 0.497 e. The van der Waals surface area contributed by atoms with Gasteiger partial charge in [-0.25, -0.2) is 4.99 Å². The third-order valence-corrected chi connectivity index (χ3v) is 4.96. The van der Waals surface area contributed by atoms with E-state index in [9.17, 15) is 9.59 Å². The Kier molecular flexibility index (Phi) is 12.4. The van der Waals surface area contributed by atoms with Crippen LogP contribution < -0.4 is 15.4 Å². The number of nitrogens with zero attached hydrogens (tertiary/aromatic N) is 4. The molecule has 2 N–H and O–H groups in total. The Morgan fingerprint density at radius 2 is 1.75 bits per heavy atom. The Balaban J connectivity index is 0.00000512. The van der Waals surface area contributed by atoms with Crippen LogP contribution in [0.25, 0.3) is 0 Å². The summed E-state index contributed by atoms with van der Waals surface area (Å²) >= 11 is 0. The molecule has 1 heterocycles. The molecule has 0 atom stereocenters. The van der Waals surface area contributed by atoms with Crippen LogP contribution in [0.2, 0.25) is 0 Å². The van der Waals surface area contributed by atoms with E-state index < -0.39 is 0 Å². The number of hydrogen-bond donors (Lipinski definition) is 2. The number of piperazine rings is 1. The van der Waals surface area contributed by atoms with Crippen molar-refractivity contribution in [2.45, 2.75) is 26.4 Å². The molecular formula is C22H37IN6O3. The second kappa shape index (κ2) is 14.1. The number of nitrogens with one attached hydrogen (secondary N) is 2. The van der Waals surface area contributed by atoms with Gasteiger partial charge < -0.3 is 25.2 Å². The number of ether oxygens (including phenoxy) is 1. The van der Waals surface area contributed by atoms with Gasteiger partial charge in [-0.15, -0.1) is 24.0 Å². The van der Waals surface area contributed by atoms with Crippen molar-refractivity contribution in [1.29, 1.82) is 0 Å². The molecule has 9 nitrogen and oxygen atoms in total. The van der Waals surface area contributed by atoms with Crippen molar-refractivity contribution in [3.63, 3.8) is 0 Å². The molecule has 1 aliphatic rings. The van der Waals surface area contributed by atoms with Crippen LogP contribution in [-0.2, 0) is 16.1 Å². The van der Waals surface area contributed by atoms with E-state index in [4.69, 9.17) is 9.73 Å². The SMILES string of the molecule is COc1ccc(CN=C(NCC(=O)N(C)C)N2CCN(CC(=O)NC(C)C)CC2)cc1.I. The van der Waals surface area contributed by atoms with Crippen LogP contribution in [0.1, 0.15) is 19.4 Å². The van der Waals surface area contributed by atoms with Gasteiger partial charge in [0, 0.05) is 46.3 Å². The number of rotatable bonds is 8. The van der Waals surface area contributed by atoms with E-state index in [1.54, 1.807) is 26.1 Å².